The quantitative estimate of drug-likeness (QED) is 0.675. The van der Waals surface area contributed by atoms with E-state index in [2.05, 4.69) is 25.0 Å². The zero-order chi connectivity index (χ0) is 10.4. The first-order valence-corrected chi connectivity index (χ1v) is 6.53. The first kappa shape index (κ1) is 11.6. The number of hydrogen-bond acceptors (Lipinski definition) is 2. The Hall–Kier alpha value is -0.440. The SMILES string of the molecule is CCCSCCc1cc(CC)n(C)n1. The van der Waals surface area contributed by atoms with Gasteiger partial charge in [0, 0.05) is 19.2 Å². The van der Waals surface area contributed by atoms with Gasteiger partial charge in [0.15, 0.2) is 0 Å². The molecule has 80 valence electrons. The van der Waals surface area contributed by atoms with Crippen LogP contribution in [0.25, 0.3) is 0 Å². The van der Waals surface area contributed by atoms with Crippen molar-refractivity contribution in [3.8, 4) is 0 Å². The maximum absolute atomic E-state index is 4.48. The summed E-state index contributed by atoms with van der Waals surface area (Å²) in [4.78, 5) is 0. The summed E-state index contributed by atoms with van der Waals surface area (Å²) in [5.74, 6) is 2.47. The van der Waals surface area contributed by atoms with Crippen LogP contribution in [-0.4, -0.2) is 21.3 Å². The van der Waals surface area contributed by atoms with Crippen molar-refractivity contribution in [2.24, 2.45) is 7.05 Å². The van der Waals surface area contributed by atoms with Crippen LogP contribution in [0.5, 0.6) is 0 Å². The number of nitrogens with zero attached hydrogens (tertiary/aromatic N) is 2. The van der Waals surface area contributed by atoms with E-state index in [0.717, 1.165) is 12.8 Å². The molecule has 0 fully saturated rings. The maximum atomic E-state index is 4.48. The van der Waals surface area contributed by atoms with Gasteiger partial charge in [-0.2, -0.15) is 16.9 Å². The summed E-state index contributed by atoms with van der Waals surface area (Å²) < 4.78 is 2.00. The molecule has 0 spiro atoms. The second-order valence-electron chi connectivity index (χ2n) is 3.47. The van der Waals surface area contributed by atoms with Crippen molar-refractivity contribution in [1.82, 2.24) is 9.78 Å². The van der Waals surface area contributed by atoms with E-state index in [9.17, 15) is 0 Å². The highest BCUT2D eigenvalue weighted by Gasteiger charge is 2.02. The van der Waals surface area contributed by atoms with Crippen molar-refractivity contribution < 1.29 is 0 Å². The topological polar surface area (TPSA) is 17.8 Å². The summed E-state index contributed by atoms with van der Waals surface area (Å²) >= 11 is 2.02. The van der Waals surface area contributed by atoms with Crippen LogP contribution in [0.3, 0.4) is 0 Å². The van der Waals surface area contributed by atoms with Crippen LogP contribution in [0.2, 0.25) is 0 Å². The van der Waals surface area contributed by atoms with Gasteiger partial charge in [-0.3, -0.25) is 4.68 Å². The normalized spacial score (nSPS) is 10.8. The largest absolute Gasteiger partial charge is 0.272 e. The summed E-state index contributed by atoms with van der Waals surface area (Å²) in [5.41, 5.74) is 2.58. The Balaban J connectivity index is 2.35. The predicted octanol–water partition coefficient (Wildman–Crippen LogP) is 2.67. The minimum absolute atomic E-state index is 1.08. The van der Waals surface area contributed by atoms with Crippen molar-refractivity contribution >= 4 is 11.8 Å². The van der Waals surface area contributed by atoms with Gasteiger partial charge >= 0.3 is 0 Å². The Labute approximate surface area is 91.1 Å². The summed E-state index contributed by atoms with van der Waals surface area (Å²) in [6.07, 6.45) is 3.46. The molecule has 1 heterocycles. The van der Waals surface area contributed by atoms with Crippen molar-refractivity contribution in [2.75, 3.05) is 11.5 Å². The Kier molecular flexibility index (Phi) is 5.09. The third-order valence-corrected chi connectivity index (χ3v) is 3.43. The van der Waals surface area contributed by atoms with E-state index in [4.69, 9.17) is 0 Å². The van der Waals surface area contributed by atoms with Gasteiger partial charge in [-0.1, -0.05) is 13.8 Å². The van der Waals surface area contributed by atoms with E-state index in [-0.39, 0.29) is 0 Å². The lowest BCUT2D eigenvalue weighted by molar-refractivity contribution is 0.705. The van der Waals surface area contributed by atoms with Crippen molar-refractivity contribution in [2.45, 2.75) is 33.1 Å². The van der Waals surface area contributed by atoms with Gasteiger partial charge < -0.3 is 0 Å². The Morgan fingerprint density at radius 1 is 1.36 bits per heavy atom. The summed E-state index contributed by atoms with van der Waals surface area (Å²) in [6, 6.07) is 2.23. The Morgan fingerprint density at radius 3 is 2.71 bits per heavy atom. The zero-order valence-electron chi connectivity index (χ0n) is 9.42. The van der Waals surface area contributed by atoms with Crippen LogP contribution in [0.4, 0.5) is 0 Å². The average Bonchev–Trinajstić information content (AvgIpc) is 2.54. The monoisotopic (exact) mass is 212 g/mol. The fourth-order valence-corrected chi connectivity index (χ4v) is 2.29. The standard InChI is InChI=1S/C11H20N2S/c1-4-7-14-8-6-10-9-11(5-2)13(3)12-10/h9H,4-8H2,1-3H3. The molecule has 0 aliphatic carbocycles. The van der Waals surface area contributed by atoms with E-state index in [0.29, 0.717) is 0 Å². The van der Waals surface area contributed by atoms with E-state index in [1.54, 1.807) is 0 Å². The molecule has 0 radical (unpaired) electrons. The van der Waals surface area contributed by atoms with Crippen molar-refractivity contribution in [1.29, 1.82) is 0 Å². The van der Waals surface area contributed by atoms with Gasteiger partial charge in [0.25, 0.3) is 0 Å². The van der Waals surface area contributed by atoms with Crippen LogP contribution in [0.1, 0.15) is 31.7 Å². The highest BCUT2D eigenvalue weighted by Crippen LogP contribution is 2.09. The lowest BCUT2D eigenvalue weighted by Gasteiger charge is -1.96. The highest BCUT2D eigenvalue weighted by molar-refractivity contribution is 7.99. The number of aromatic nitrogens is 2. The molecule has 1 aromatic heterocycles. The smallest absolute Gasteiger partial charge is 0.0635 e. The van der Waals surface area contributed by atoms with Crippen LogP contribution in [-0.2, 0) is 19.9 Å². The van der Waals surface area contributed by atoms with E-state index >= 15 is 0 Å². The van der Waals surface area contributed by atoms with Crippen molar-refractivity contribution in [3.63, 3.8) is 0 Å². The molecule has 0 unspecified atom stereocenters. The molecule has 0 N–H and O–H groups in total. The fraction of sp³-hybridized carbons (Fsp3) is 0.727. The van der Waals surface area contributed by atoms with Gasteiger partial charge in [-0.05, 0) is 30.4 Å². The Bertz CT molecular complexity index is 268. The van der Waals surface area contributed by atoms with Crippen molar-refractivity contribution in [3.05, 3.63) is 17.5 Å². The number of thioether (sulfide) groups is 1. The van der Waals surface area contributed by atoms with Gasteiger partial charge in [0.05, 0.1) is 5.69 Å². The zero-order valence-corrected chi connectivity index (χ0v) is 10.2. The molecule has 0 saturated carbocycles. The number of aryl methyl sites for hydroxylation is 3. The summed E-state index contributed by atoms with van der Waals surface area (Å²) in [5, 5.41) is 4.48. The second kappa shape index (κ2) is 6.12. The van der Waals surface area contributed by atoms with Crippen LogP contribution in [0, 0.1) is 0 Å². The summed E-state index contributed by atoms with van der Waals surface area (Å²) in [6.45, 7) is 4.40. The lowest BCUT2D eigenvalue weighted by atomic mass is 10.3. The molecular formula is C11H20N2S. The lowest BCUT2D eigenvalue weighted by Crippen LogP contribution is -1.97. The summed E-state index contributed by atoms with van der Waals surface area (Å²) in [7, 11) is 2.03. The van der Waals surface area contributed by atoms with Crippen LogP contribution < -0.4 is 0 Å². The third-order valence-electron chi connectivity index (χ3n) is 2.24. The molecule has 0 saturated heterocycles. The van der Waals surface area contributed by atoms with Gasteiger partial charge in [0.1, 0.15) is 0 Å². The van der Waals surface area contributed by atoms with E-state index < -0.39 is 0 Å². The molecule has 0 aromatic carbocycles. The molecule has 0 amide bonds. The van der Waals surface area contributed by atoms with Crippen LogP contribution in [0.15, 0.2) is 6.07 Å². The molecule has 0 atom stereocenters. The molecule has 2 nitrogen and oxygen atoms in total. The van der Waals surface area contributed by atoms with Gasteiger partial charge in [-0.25, -0.2) is 0 Å². The average molecular weight is 212 g/mol. The fourth-order valence-electron chi connectivity index (χ4n) is 1.45. The van der Waals surface area contributed by atoms with Gasteiger partial charge in [0.2, 0.25) is 0 Å². The molecule has 14 heavy (non-hydrogen) atoms. The molecular weight excluding hydrogens is 192 g/mol. The molecule has 1 rings (SSSR count). The number of hydrogen-bond donors (Lipinski definition) is 0. The third kappa shape index (κ3) is 3.37. The first-order valence-electron chi connectivity index (χ1n) is 5.37. The van der Waals surface area contributed by atoms with E-state index in [1.165, 1.54) is 29.3 Å². The minimum atomic E-state index is 1.08. The predicted molar refractivity (Wildman–Crippen MR) is 63.9 cm³/mol. The maximum Gasteiger partial charge on any atom is 0.0635 e. The van der Waals surface area contributed by atoms with Gasteiger partial charge in [-0.15, -0.1) is 0 Å². The second-order valence-corrected chi connectivity index (χ2v) is 4.69. The highest BCUT2D eigenvalue weighted by atomic mass is 32.2. The molecule has 0 bridgehead atoms. The Morgan fingerprint density at radius 2 is 2.14 bits per heavy atom. The van der Waals surface area contributed by atoms with Crippen LogP contribution >= 0.6 is 11.8 Å². The molecule has 0 aliphatic heterocycles. The van der Waals surface area contributed by atoms with E-state index in [1.807, 2.05) is 23.5 Å². The number of rotatable bonds is 6. The first-order chi connectivity index (χ1) is 6.77. The molecule has 1 aromatic rings. The minimum Gasteiger partial charge on any atom is -0.272 e. The molecule has 0 aliphatic rings. The molecule has 3 heteroatoms.